The van der Waals surface area contributed by atoms with Crippen molar-refractivity contribution in [3.63, 3.8) is 0 Å². The fourth-order valence-electron chi connectivity index (χ4n) is 9.93. The molecule has 10 rings (SSSR count). The van der Waals surface area contributed by atoms with E-state index in [1.54, 1.807) is 0 Å². The van der Waals surface area contributed by atoms with E-state index in [-0.39, 0.29) is 47.5 Å². The molecule has 4 heterocycles. The van der Waals surface area contributed by atoms with Crippen LogP contribution in [0.25, 0.3) is 55.9 Å². The Balaban J connectivity index is 1.20. The summed E-state index contributed by atoms with van der Waals surface area (Å²) in [5.41, 5.74) is 14.2. The molecule has 7 nitrogen and oxygen atoms in total. The second kappa shape index (κ2) is 18.8. The zero-order valence-corrected chi connectivity index (χ0v) is 46.9. The maximum absolute atomic E-state index is 9.51. The molecule has 9 aromatic rings. The normalized spacial score (nSPS) is 14.0. The molecule has 0 saturated carbocycles. The molecule has 0 N–H and O–H groups in total. The molecule has 374 valence electrons. The fourth-order valence-corrected chi connectivity index (χ4v) is 11.0. The number of para-hydroxylation sites is 2. The summed E-state index contributed by atoms with van der Waals surface area (Å²) >= 11 is 2.37. The molecule has 0 fully saturated rings. The van der Waals surface area contributed by atoms with Crippen LogP contribution >= 0.6 is 0 Å². The third kappa shape index (κ3) is 9.41. The molecule has 73 heavy (non-hydrogen) atoms. The van der Waals surface area contributed by atoms with E-state index in [0.29, 0.717) is 34.4 Å². The molecule has 0 bridgehead atoms. The van der Waals surface area contributed by atoms with Crippen LogP contribution in [0.15, 0.2) is 133 Å². The molecule has 9 heteroatoms. The molecule has 0 unspecified atom stereocenters. The van der Waals surface area contributed by atoms with E-state index in [1.165, 1.54) is 0 Å². The SMILES string of the molecule is [2H]c1c([2H])c([2H])c(-c2cc(C(C)(C)C)cc(-c3cc(C(C)(C)C)cc(C(C)(C)C)c3)c2-n2[c](=[Pt])n(-c3[c-]c(Oc4[c-]c5c(cc4)-c4c(C)c(C)nn4B(CC(C)C)N5c4cc(C)ccn4)ccc3)c3ccccc32)c([2H])c1[2H]. The van der Waals surface area contributed by atoms with E-state index in [2.05, 4.69) is 195 Å². The molecule has 3 aromatic heterocycles. The maximum atomic E-state index is 9.51. The first-order valence-electron chi connectivity index (χ1n) is 27.8. The average molecular weight is 1150 g/mol. The van der Waals surface area contributed by atoms with Crippen molar-refractivity contribution in [1.29, 1.82) is 0 Å². The molecule has 0 radical (unpaired) electrons. The molecular weight excluding hydrogens is 1070 g/mol. The minimum atomic E-state index is -0.437. The Morgan fingerprint density at radius 3 is 1.92 bits per heavy atom. The number of hydrogen-bond donors (Lipinski definition) is 0. The molecule has 0 saturated heterocycles. The number of hydrogen-bond acceptors (Lipinski definition) is 4. The Labute approximate surface area is 451 Å². The van der Waals surface area contributed by atoms with Crippen molar-refractivity contribution in [3.05, 3.63) is 183 Å². The van der Waals surface area contributed by atoms with Crippen LogP contribution < -0.4 is 9.55 Å². The summed E-state index contributed by atoms with van der Waals surface area (Å²) in [6.45, 7) is 30.4. The Morgan fingerprint density at radius 1 is 0.671 bits per heavy atom. The van der Waals surface area contributed by atoms with Crippen molar-refractivity contribution in [3.8, 4) is 56.4 Å². The topological polar surface area (TPSA) is 53.0 Å². The third-order valence-corrected chi connectivity index (χ3v) is 15.1. The first kappa shape index (κ1) is 44.0. The fraction of sp³-hybridized carbons (Fsp3) is 0.297. The van der Waals surface area contributed by atoms with Crippen LogP contribution in [-0.4, -0.2) is 30.8 Å². The van der Waals surface area contributed by atoms with Gasteiger partial charge in [0.1, 0.15) is 0 Å². The summed E-state index contributed by atoms with van der Waals surface area (Å²) in [5, 5.41) is 5.11. The molecule has 0 spiro atoms. The van der Waals surface area contributed by atoms with Gasteiger partial charge in [-0.25, -0.2) is 0 Å². The van der Waals surface area contributed by atoms with Gasteiger partial charge in [-0.05, 0) is 38.3 Å². The Kier molecular flexibility index (Phi) is 11.3. The van der Waals surface area contributed by atoms with Crippen LogP contribution in [0.2, 0.25) is 6.32 Å². The van der Waals surface area contributed by atoms with Crippen molar-refractivity contribution in [1.82, 2.24) is 23.8 Å². The van der Waals surface area contributed by atoms with Crippen LogP contribution in [0.4, 0.5) is 11.5 Å². The van der Waals surface area contributed by atoms with Crippen LogP contribution in [-0.2, 0) is 35.6 Å². The molecule has 0 atom stereocenters. The van der Waals surface area contributed by atoms with Crippen LogP contribution in [0.5, 0.6) is 11.5 Å². The number of aromatic nitrogens is 5. The number of benzene rings is 6. The van der Waals surface area contributed by atoms with Gasteiger partial charge in [-0.3, -0.25) is 0 Å². The molecule has 1 aliphatic rings. The van der Waals surface area contributed by atoms with Crippen LogP contribution in [0.1, 0.15) is 117 Å². The van der Waals surface area contributed by atoms with Crippen molar-refractivity contribution in [2.45, 2.75) is 119 Å². The number of anilines is 2. The monoisotopic (exact) mass is 1150 g/mol. The first-order chi connectivity index (χ1) is 36.6. The summed E-state index contributed by atoms with van der Waals surface area (Å²) in [4.78, 5) is 7.17. The van der Waals surface area contributed by atoms with Crippen LogP contribution in [0.3, 0.4) is 0 Å². The Bertz CT molecular complexity index is 3890. The summed E-state index contributed by atoms with van der Waals surface area (Å²) in [5.74, 6) is 2.18. The standard InChI is InChI=1S/C64H67BN6O.Pt/c1-41(2)39-65-70(59-31-42(3)29-30-66-59)58-38-52(27-28-53(58)60-43(4)44(5)67-71(60)65)72-51-24-20-23-50(37-51)68-40-69(57-26-19-18-25-56(57)68)61-54(45-21-16-15-17-22-45)35-49(64(12,13)14)36-55(61)46-32-47(62(6,7)8)34-48(33-46)63(9,10)11;/h15-36,41H,39H2,1-14H3;/q-2;/i15D,16D,17D,21D,22D;. The van der Waals surface area contributed by atoms with Gasteiger partial charge < -0.3 is 0 Å². The van der Waals surface area contributed by atoms with Gasteiger partial charge in [0.25, 0.3) is 0 Å². The molecule has 0 amide bonds. The van der Waals surface area contributed by atoms with E-state index in [0.717, 1.165) is 88.6 Å². The zero-order valence-electron chi connectivity index (χ0n) is 49.6. The average Bonchev–Trinajstić information content (AvgIpc) is 4.03. The quantitative estimate of drug-likeness (QED) is 0.107. The number of ether oxygens (including phenoxy) is 1. The van der Waals surface area contributed by atoms with Gasteiger partial charge in [0.05, 0.1) is 5.69 Å². The zero-order chi connectivity index (χ0) is 56.2. The van der Waals surface area contributed by atoms with Gasteiger partial charge in [0.2, 0.25) is 0 Å². The third-order valence-electron chi connectivity index (χ3n) is 14.1. The van der Waals surface area contributed by atoms with Crippen LogP contribution in [0, 0.1) is 42.6 Å². The number of imidazole rings is 1. The molecule has 0 aliphatic carbocycles. The van der Waals surface area contributed by atoms with E-state index in [4.69, 9.17) is 18.9 Å². The first-order valence-corrected chi connectivity index (χ1v) is 26.4. The molecule has 6 aromatic carbocycles. The van der Waals surface area contributed by atoms with E-state index >= 15 is 0 Å². The van der Waals surface area contributed by atoms with Gasteiger partial charge in [0, 0.05) is 6.20 Å². The summed E-state index contributed by atoms with van der Waals surface area (Å²) < 4.78 is 59.7. The van der Waals surface area contributed by atoms with Crippen molar-refractivity contribution >= 4 is 29.5 Å². The number of fused-ring (bicyclic) bond motifs is 4. The predicted octanol–water partition coefficient (Wildman–Crippen LogP) is 16.4. The Hall–Kier alpha value is -6.50. The molecular formula is C64H67BN6OPt-2. The number of rotatable bonds is 9. The van der Waals surface area contributed by atoms with Crippen molar-refractivity contribution in [2.75, 3.05) is 4.81 Å². The minimum absolute atomic E-state index is 0.136. The van der Waals surface area contributed by atoms with Crippen molar-refractivity contribution < 1.29 is 30.9 Å². The van der Waals surface area contributed by atoms with Gasteiger partial charge in [0.15, 0.2) is 0 Å². The van der Waals surface area contributed by atoms with E-state index in [9.17, 15) is 2.74 Å². The van der Waals surface area contributed by atoms with Crippen molar-refractivity contribution in [2.24, 2.45) is 5.92 Å². The van der Waals surface area contributed by atoms with Gasteiger partial charge >= 0.3 is 385 Å². The van der Waals surface area contributed by atoms with E-state index in [1.807, 2.05) is 54.7 Å². The molecule has 1 aliphatic heterocycles. The number of nitrogens with zero attached hydrogens (tertiary/aromatic N) is 6. The summed E-state index contributed by atoms with van der Waals surface area (Å²) in [6.07, 6.45) is 2.68. The second-order valence-corrected chi connectivity index (χ2v) is 24.1. The number of aryl methyl sites for hydroxylation is 2. The van der Waals surface area contributed by atoms with Gasteiger partial charge in [-0.15, -0.1) is 0 Å². The summed E-state index contributed by atoms with van der Waals surface area (Å²) in [7, 11) is 0. The summed E-state index contributed by atoms with van der Waals surface area (Å²) in [6, 6.07) is 39.0. The van der Waals surface area contributed by atoms with Gasteiger partial charge in [-0.1, -0.05) is 13.8 Å². The van der Waals surface area contributed by atoms with Gasteiger partial charge in [-0.2, -0.15) is 5.10 Å². The predicted molar refractivity (Wildman–Crippen MR) is 300 cm³/mol. The number of pyridine rings is 1. The van der Waals surface area contributed by atoms with E-state index < -0.39 is 11.5 Å². The second-order valence-electron chi connectivity index (χ2n) is 23.1. The Morgan fingerprint density at radius 2 is 1.29 bits per heavy atom.